The summed E-state index contributed by atoms with van der Waals surface area (Å²) in [6, 6.07) is 14.4. The largest absolute Gasteiger partial charge is 0.399 e. The van der Waals surface area contributed by atoms with Gasteiger partial charge < -0.3 is 15.2 Å². The molecule has 2 heterocycles. The number of anilines is 2. The summed E-state index contributed by atoms with van der Waals surface area (Å²) in [5, 5.41) is 4.66. The van der Waals surface area contributed by atoms with E-state index in [1.54, 1.807) is 29.2 Å². The summed E-state index contributed by atoms with van der Waals surface area (Å²) in [5.41, 5.74) is 8.00. The monoisotopic (exact) mass is 354 g/mol. The topological polar surface area (TPSA) is 85.2 Å². The average molecular weight is 355 g/mol. The van der Waals surface area contributed by atoms with Gasteiger partial charge in [0.15, 0.2) is 0 Å². The van der Waals surface area contributed by atoms with Crippen molar-refractivity contribution in [1.82, 2.24) is 10.1 Å². The zero-order valence-electron chi connectivity index (χ0n) is 13.2. The number of halogens is 1. The quantitative estimate of drug-likeness (QED) is 0.727. The van der Waals surface area contributed by atoms with Crippen LogP contribution in [0.3, 0.4) is 0 Å². The van der Waals surface area contributed by atoms with Crippen molar-refractivity contribution in [2.75, 3.05) is 17.2 Å². The zero-order chi connectivity index (χ0) is 17.4. The number of hydrogen-bond donors (Lipinski definition) is 1. The fourth-order valence-corrected chi connectivity index (χ4v) is 3.02. The summed E-state index contributed by atoms with van der Waals surface area (Å²) in [5.74, 6) is 0.863. The van der Waals surface area contributed by atoms with E-state index in [9.17, 15) is 4.79 Å². The fourth-order valence-electron chi connectivity index (χ4n) is 2.89. The van der Waals surface area contributed by atoms with Crippen LogP contribution in [0.1, 0.15) is 18.2 Å². The third kappa shape index (κ3) is 3.08. The second-order valence-electron chi connectivity index (χ2n) is 5.96. The molecule has 1 fully saturated rings. The van der Waals surface area contributed by atoms with Gasteiger partial charge in [-0.25, -0.2) is 0 Å². The minimum atomic E-state index is -0.127. The number of benzene rings is 2. The van der Waals surface area contributed by atoms with Crippen molar-refractivity contribution < 1.29 is 9.32 Å². The van der Waals surface area contributed by atoms with Crippen LogP contribution in [0.25, 0.3) is 11.4 Å². The van der Waals surface area contributed by atoms with Crippen LogP contribution in [0.4, 0.5) is 11.4 Å². The predicted octanol–water partition coefficient (Wildman–Crippen LogP) is 3.49. The molecule has 1 atom stereocenters. The van der Waals surface area contributed by atoms with Gasteiger partial charge in [-0.3, -0.25) is 4.79 Å². The van der Waals surface area contributed by atoms with Crippen molar-refractivity contribution in [3.05, 3.63) is 59.4 Å². The van der Waals surface area contributed by atoms with Gasteiger partial charge in [0.05, 0.1) is 5.92 Å². The van der Waals surface area contributed by atoms with Crippen LogP contribution < -0.4 is 10.6 Å². The zero-order valence-corrected chi connectivity index (χ0v) is 14.0. The average Bonchev–Trinajstić information content (AvgIpc) is 3.23. The van der Waals surface area contributed by atoms with Gasteiger partial charge in [-0.15, -0.1) is 0 Å². The highest BCUT2D eigenvalue weighted by Crippen LogP contribution is 2.32. The molecule has 0 radical (unpaired) electrons. The van der Waals surface area contributed by atoms with Gasteiger partial charge in [0.2, 0.25) is 17.6 Å². The van der Waals surface area contributed by atoms with Gasteiger partial charge in [-0.1, -0.05) is 16.8 Å². The second-order valence-corrected chi connectivity index (χ2v) is 6.40. The van der Waals surface area contributed by atoms with Crippen molar-refractivity contribution >= 4 is 28.9 Å². The number of aromatic nitrogens is 2. The molecule has 126 valence electrons. The van der Waals surface area contributed by atoms with E-state index >= 15 is 0 Å². The molecule has 0 saturated carbocycles. The minimum absolute atomic E-state index is 0.0274. The molecule has 6 nitrogen and oxygen atoms in total. The number of carbonyl (C=O) groups excluding carboxylic acids is 1. The highest BCUT2D eigenvalue weighted by Gasteiger charge is 2.35. The summed E-state index contributed by atoms with van der Waals surface area (Å²) in [7, 11) is 0. The molecular formula is C18H15ClN4O2. The number of nitrogen functional groups attached to an aromatic ring is 1. The molecule has 2 aromatic carbocycles. The molecule has 3 aromatic rings. The molecular weight excluding hydrogens is 340 g/mol. The third-order valence-electron chi connectivity index (χ3n) is 4.22. The number of nitrogens with zero attached hydrogens (tertiary/aromatic N) is 3. The van der Waals surface area contributed by atoms with E-state index in [2.05, 4.69) is 10.1 Å². The van der Waals surface area contributed by atoms with Gasteiger partial charge >= 0.3 is 0 Å². The first-order valence-corrected chi connectivity index (χ1v) is 8.23. The lowest BCUT2D eigenvalue weighted by Crippen LogP contribution is -2.24. The third-order valence-corrected chi connectivity index (χ3v) is 4.48. The lowest BCUT2D eigenvalue weighted by atomic mass is 10.1. The highest BCUT2D eigenvalue weighted by atomic mass is 35.5. The van der Waals surface area contributed by atoms with Crippen LogP contribution in [0.5, 0.6) is 0 Å². The minimum Gasteiger partial charge on any atom is -0.399 e. The summed E-state index contributed by atoms with van der Waals surface area (Å²) >= 11 is 5.91. The van der Waals surface area contributed by atoms with E-state index in [1.165, 1.54) is 0 Å². The maximum atomic E-state index is 12.3. The molecule has 1 aliphatic rings. The van der Waals surface area contributed by atoms with Crippen LogP contribution in [0.15, 0.2) is 53.1 Å². The van der Waals surface area contributed by atoms with Gasteiger partial charge in [0.25, 0.3) is 0 Å². The predicted molar refractivity (Wildman–Crippen MR) is 95.3 cm³/mol. The van der Waals surface area contributed by atoms with Crippen molar-refractivity contribution in [3.63, 3.8) is 0 Å². The summed E-state index contributed by atoms with van der Waals surface area (Å²) in [6.07, 6.45) is 0.339. The van der Waals surface area contributed by atoms with Gasteiger partial charge in [-0.05, 0) is 48.5 Å². The number of hydrogen-bond acceptors (Lipinski definition) is 5. The fraction of sp³-hybridized carbons (Fsp3) is 0.167. The molecule has 7 heteroatoms. The molecule has 1 unspecified atom stereocenters. The van der Waals surface area contributed by atoms with E-state index < -0.39 is 0 Å². The molecule has 25 heavy (non-hydrogen) atoms. The normalized spacial score (nSPS) is 17.2. The maximum Gasteiger partial charge on any atom is 0.232 e. The van der Waals surface area contributed by atoms with Gasteiger partial charge in [0, 0.05) is 34.9 Å². The highest BCUT2D eigenvalue weighted by molar-refractivity contribution is 6.30. The Bertz CT molecular complexity index is 906. The Morgan fingerprint density at radius 1 is 1.12 bits per heavy atom. The van der Waals surface area contributed by atoms with Crippen LogP contribution in [0, 0.1) is 0 Å². The first-order valence-electron chi connectivity index (χ1n) is 7.85. The second kappa shape index (κ2) is 6.22. The van der Waals surface area contributed by atoms with Crippen LogP contribution in [-0.4, -0.2) is 22.6 Å². The SMILES string of the molecule is Nc1ccc(-c2noc(C3CC(=O)N(c4ccc(Cl)cc4)C3)n2)cc1. The van der Waals surface area contributed by atoms with E-state index in [4.69, 9.17) is 21.9 Å². The standard InChI is InChI=1S/C18H15ClN4O2/c19-13-3-7-15(8-4-13)23-10-12(9-16(23)24)18-21-17(22-25-18)11-1-5-14(20)6-2-11/h1-8,12H,9-10,20H2. The molecule has 4 rings (SSSR count). The van der Waals surface area contributed by atoms with Gasteiger partial charge in [0.1, 0.15) is 0 Å². The van der Waals surface area contributed by atoms with Crippen LogP contribution >= 0.6 is 11.6 Å². The lowest BCUT2D eigenvalue weighted by Gasteiger charge is -2.15. The van der Waals surface area contributed by atoms with E-state index in [-0.39, 0.29) is 11.8 Å². The molecule has 1 aromatic heterocycles. The van der Waals surface area contributed by atoms with Crippen molar-refractivity contribution in [2.45, 2.75) is 12.3 Å². The molecule has 0 aliphatic carbocycles. The number of carbonyl (C=O) groups is 1. The van der Waals surface area contributed by atoms with E-state index in [0.717, 1.165) is 11.3 Å². The van der Waals surface area contributed by atoms with Gasteiger partial charge in [-0.2, -0.15) is 4.98 Å². The van der Waals surface area contributed by atoms with Crippen LogP contribution in [-0.2, 0) is 4.79 Å². The number of nitrogens with two attached hydrogens (primary N) is 1. The van der Waals surface area contributed by atoms with Crippen molar-refractivity contribution in [3.8, 4) is 11.4 Å². The Kier molecular flexibility index (Phi) is 3.89. The first-order chi connectivity index (χ1) is 12.1. The number of amides is 1. The molecule has 1 saturated heterocycles. The summed E-state index contributed by atoms with van der Waals surface area (Å²) < 4.78 is 5.39. The molecule has 0 spiro atoms. The molecule has 1 aliphatic heterocycles. The molecule has 2 N–H and O–H groups in total. The smallest absolute Gasteiger partial charge is 0.232 e. The van der Waals surface area contributed by atoms with E-state index in [0.29, 0.717) is 35.4 Å². The summed E-state index contributed by atoms with van der Waals surface area (Å²) in [6.45, 7) is 0.504. The van der Waals surface area contributed by atoms with Crippen LogP contribution in [0.2, 0.25) is 5.02 Å². The Morgan fingerprint density at radius 3 is 2.56 bits per heavy atom. The van der Waals surface area contributed by atoms with E-state index in [1.807, 2.05) is 24.3 Å². The summed E-state index contributed by atoms with van der Waals surface area (Å²) in [4.78, 5) is 18.5. The Balaban J connectivity index is 1.54. The lowest BCUT2D eigenvalue weighted by molar-refractivity contribution is -0.117. The van der Waals surface area contributed by atoms with Crippen molar-refractivity contribution in [1.29, 1.82) is 0 Å². The number of rotatable bonds is 3. The Labute approximate surface area is 149 Å². The maximum absolute atomic E-state index is 12.3. The molecule has 1 amide bonds. The van der Waals surface area contributed by atoms with Crippen molar-refractivity contribution in [2.24, 2.45) is 0 Å². The Hall–Kier alpha value is -2.86. The Morgan fingerprint density at radius 2 is 1.84 bits per heavy atom. The first kappa shape index (κ1) is 15.7. The molecule has 0 bridgehead atoms.